The van der Waals surface area contributed by atoms with Gasteiger partial charge in [-0.1, -0.05) is 0 Å². The van der Waals surface area contributed by atoms with Crippen LogP contribution in [-0.2, 0) is 26.2 Å². The highest BCUT2D eigenvalue weighted by molar-refractivity contribution is 7.92. The van der Waals surface area contributed by atoms with Crippen molar-refractivity contribution in [2.75, 3.05) is 4.72 Å². The van der Waals surface area contributed by atoms with Crippen molar-refractivity contribution in [1.82, 2.24) is 0 Å². The number of nitrogens with one attached hydrogen (secondary N) is 1. The average Bonchev–Trinajstić information content (AvgIpc) is 2.45. The summed E-state index contributed by atoms with van der Waals surface area (Å²) in [5.41, 5.74) is -1.84. The largest absolute Gasteiger partial charge is 0.419 e. The first-order chi connectivity index (χ1) is 11.3. The van der Waals surface area contributed by atoms with Crippen molar-refractivity contribution in [2.24, 2.45) is 5.14 Å². The third-order valence-corrected chi connectivity index (χ3v) is 5.30. The van der Waals surface area contributed by atoms with Crippen LogP contribution in [0.1, 0.15) is 5.56 Å². The quantitative estimate of drug-likeness (QED) is 0.771. The highest BCUT2D eigenvalue weighted by Gasteiger charge is 2.35. The fraction of sp³-hybridized carbons (Fsp3) is 0.0769. The molecule has 2 aromatic carbocycles. The molecule has 0 aliphatic carbocycles. The predicted octanol–water partition coefficient (Wildman–Crippen LogP) is 2.29. The van der Waals surface area contributed by atoms with E-state index in [0.717, 1.165) is 24.3 Å². The van der Waals surface area contributed by atoms with Crippen molar-refractivity contribution in [2.45, 2.75) is 16.0 Å². The number of hydrogen-bond acceptors (Lipinski definition) is 4. The SMILES string of the molecule is NS(=O)(=O)c1ccc(NS(=O)(=O)c2ccc(F)c(C(F)(F)F)c2)cc1. The molecule has 0 aromatic heterocycles. The zero-order chi connectivity index (χ0) is 19.0. The number of hydrogen-bond donors (Lipinski definition) is 2. The number of anilines is 1. The first-order valence-corrected chi connectivity index (χ1v) is 9.36. The fourth-order valence-electron chi connectivity index (χ4n) is 1.82. The molecule has 25 heavy (non-hydrogen) atoms. The smallest absolute Gasteiger partial charge is 0.280 e. The maximum absolute atomic E-state index is 13.2. The number of rotatable bonds is 4. The first-order valence-electron chi connectivity index (χ1n) is 6.33. The van der Waals surface area contributed by atoms with Crippen LogP contribution >= 0.6 is 0 Å². The summed E-state index contributed by atoms with van der Waals surface area (Å²) >= 11 is 0. The molecule has 0 aliphatic rings. The third kappa shape index (κ3) is 4.46. The van der Waals surface area contributed by atoms with Gasteiger partial charge in [-0.2, -0.15) is 13.2 Å². The van der Waals surface area contributed by atoms with Gasteiger partial charge in [0.15, 0.2) is 0 Å². The second-order valence-corrected chi connectivity index (χ2v) is 8.06. The van der Waals surface area contributed by atoms with Crippen molar-refractivity contribution in [3.63, 3.8) is 0 Å². The molecule has 0 amide bonds. The molecule has 0 saturated carbocycles. The number of nitrogens with two attached hydrogens (primary N) is 1. The van der Waals surface area contributed by atoms with Gasteiger partial charge in [0, 0.05) is 5.69 Å². The number of primary sulfonamides is 1. The Labute approximate surface area is 140 Å². The van der Waals surface area contributed by atoms with E-state index in [0.29, 0.717) is 12.1 Å². The van der Waals surface area contributed by atoms with Crippen LogP contribution in [0.3, 0.4) is 0 Å². The van der Waals surface area contributed by atoms with E-state index in [4.69, 9.17) is 5.14 Å². The normalized spacial score (nSPS) is 12.8. The van der Waals surface area contributed by atoms with Crippen LogP contribution < -0.4 is 9.86 Å². The van der Waals surface area contributed by atoms with Gasteiger partial charge < -0.3 is 0 Å². The molecule has 0 saturated heterocycles. The summed E-state index contributed by atoms with van der Waals surface area (Å²) in [7, 11) is -8.44. The third-order valence-electron chi connectivity index (χ3n) is 2.99. The Hall–Kier alpha value is -2.18. The maximum Gasteiger partial charge on any atom is 0.419 e. The van der Waals surface area contributed by atoms with E-state index in [1.165, 1.54) is 0 Å². The van der Waals surface area contributed by atoms with Gasteiger partial charge in [-0.05, 0) is 42.5 Å². The molecule has 0 atom stereocenters. The molecular formula is C13H10F4N2O4S2. The predicted molar refractivity (Wildman–Crippen MR) is 80.0 cm³/mol. The van der Waals surface area contributed by atoms with Gasteiger partial charge in [-0.3, -0.25) is 4.72 Å². The van der Waals surface area contributed by atoms with Gasteiger partial charge in [0.25, 0.3) is 10.0 Å². The van der Waals surface area contributed by atoms with Crippen molar-refractivity contribution < 1.29 is 34.4 Å². The Bertz CT molecular complexity index is 1000. The molecular weight excluding hydrogens is 388 g/mol. The second-order valence-electron chi connectivity index (χ2n) is 4.81. The Morgan fingerprint density at radius 3 is 1.88 bits per heavy atom. The van der Waals surface area contributed by atoms with Crippen LogP contribution in [0.4, 0.5) is 23.2 Å². The monoisotopic (exact) mass is 398 g/mol. The molecule has 0 spiro atoms. The van der Waals surface area contributed by atoms with Crippen LogP contribution in [0.15, 0.2) is 52.3 Å². The maximum atomic E-state index is 13.2. The summed E-state index contributed by atoms with van der Waals surface area (Å²) < 4.78 is 99.7. The Balaban J connectivity index is 2.37. The lowest BCUT2D eigenvalue weighted by molar-refractivity contribution is -0.140. The number of halogens is 4. The van der Waals surface area contributed by atoms with E-state index in [9.17, 15) is 34.4 Å². The van der Waals surface area contributed by atoms with Gasteiger partial charge in [-0.25, -0.2) is 26.4 Å². The van der Waals surface area contributed by atoms with Gasteiger partial charge in [0.05, 0.1) is 15.4 Å². The highest BCUT2D eigenvalue weighted by Crippen LogP contribution is 2.33. The standard InChI is InChI=1S/C13H10F4N2O4S2/c14-12-6-5-10(7-11(12)13(15,16)17)25(22,23)19-8-1-3-9(4-2-8)24(18,20)21/h1-7,19H,(H2,18,20,21). The summed E-state index contributed by atoms with van der Waals surface area (Å²) in [6.07, 6.45) is -5.06. The van der Waals surface area contributed by atoms with Gasteiger partial charge in [0.2, 0.25) is 10.0 Å². The Morgan fingerprint density at radius 1 is 0.880 bits per heavy atom. The van der Waals surface area contributed by atoms with Crippen molar-refractivity contribution in [3.05, 3.63) is 53.8 Å². The van der Waals surface area contributed by atoms with E-state index in [1.54, 1.807) is 0 Å². The van der Waals surface area contributed by atoms with E-state index in [2.05, 4.69) is 0 Å². The summed E-state index contributed by atoms with van der Waals surface area (Å²) in [6, 6.07) is 5.37. The topological polar surface area (TPSA) is 106 Å². The Morgan fingerprint density at radius 2 is 1.40 bits per heavy atom. The Kier molecular flexibility index (Phi) is 4.81. The van der Waals surface area contributed by atoms with Crippen LogP contribution in [-0.4, -0.2) is 16.8 Å². The molecule has 2 rings (SSSR count). The van der Waals surface area contributed by atoms with Crippen LogP contribution in [0.2, 0.25) is 0 Å². The second kappa shape index (κ2) is 6.28. The molecule has 0 aliphatic heterocycles. The van der Waals surface area contributed by atoms with Crippen LogP contribution in [0, 0.1) is 5.82 Å². The molecule has 0 heterocycles. The molecule has 6 nitrogen and oxygen atoms in total. The molecule has 0 radical (unpaired) electrons. The zero-order valence-electron chi connectivity index (χ0n) is 12.1. The van der Waals surface area contributed by atoms with E-state index < -0.39 is 42.5 Å². The summed E-state index contributed by atoms with van der Waals surface area (Å²) in [4.78, 5) is -1.09. The van der Waals surface area contributed by atoms with Crippen molar-refractivity contribution >= 4 is 25.7 Å². The van der Waals surface area contributed by atoms with Crippen LogP contribution in [0.25, 0.3) is 0 Å². The fourth-order valence-corrected chi connectivity index (χ4v) is 3.42. The number of benzene rings is 2. The lowest BCUT2D eigenvalue weighted by Gasteiger charge is -2.12. The number of sulfonamides is 2. The summed E-state index contributed by atoms with van der Waals surface area (Å²) in [5, 5.41) is 4.89. The van der Waals surface area contributed by atoms with Gasteiger partial charge >= 0.3 is 6.18 Å². The molecule has 3 N–H and O–H groups in total. The van der Waals surface area contributed by atoms with Crippen LogP contribution in [0.5, 0.6) is 0 Å². The molecule has 2 aromatic rings. The molecule has 136 valence electrons. The molecule has 0 fully saturated rings. The molecule has 0 bridgehead atoms. The highest BCUT2D eigenvalue weighted by atomic mass is 32.2. The average molecular weight is 398 g/mol. The number of alkyl halides is 3. The van der Waals surface area contributed by atoms with E-state index in [1.807, 2.05) is 4.72 Å². The summed E-state index contributed by atoms with van der Waals surface area (Å²) in [6.45, 7) is 0. The summed E-state index contributed by atoms with van der Waals surface area (Å²) in [5.74, 6) is -1.61. The lowest BCUT2D eigenvalue weighted by Crippen LogP contribution is -2.16. The van der Waals surface area contributed by atoms with E-state index in [-0.39, 0.29) is 16.6 Å². The van der Waals surface area contributed by atoms with E-state index >= 15 is 0 Å². The molecule has 0 unspecified atom stereocenters. The minimum Gasteiger partial charge on any atom is -0.280 e. The van der Waals surface area contributed by atoms with Gasteiger partial charge in [0.1, 0.15) is 5.82 Å². The lowest BCUT2D eigenvalue weighted by atomic mass is 10.2. The van der Waals surface area contributed by atoms with Crippen molar-refractivity contribution in [1.29, 1.82) is 0 Å². The zero-order valence-corrected chi connectivity index (χ0v) is 13.7. The molecule has 12 heteroatoms. The first kappa shape index (κ1) is 19.1. The minimum absolute atomic E-state index is 0.120. The minimum atomic E-state index is -5.06. The van der Waals surface area contributed by atoms with Gasteiger partial charge in [-0.15, -0.1) is 0 Å². The van der Waals surface area contributed by atoms with Crippen molar-refractivity contribution in [3.8, 4) is 0 Å².